The predicted molar refractivity (Wildman–Crippen MR) is 61.5 cm³/mol. The molecular weight excluding hydrogens is 206 g/mol. The average molecular weight is 223 g/mol. The Kier molecular flexibility index (Phi) is 4.79. The largest absolute Gasteiger partial charge is 0.507 e. The standard InChI is InChI=1S/C12H17NO3/c1-3-16-8-9(2)13-12(15)10-6-4-5-7-11(10)14/h4-7,9,14H,3,8H2,1-2H3,(H,13,15). The lowest BCUT2D eigenvalue weighted by molar-refractivity contribution is 0.0869. The van der Waals surface area contributed by atoms with Gasteiger partial charge < -0.3 is 15.2 Å². The molecule has 88 valence electrons. The fourth-order valence-corrected chi connectivity index (χ4v) is 1.30. The molecular formula is C12H17NO3. The summed E-state index contributed by atoms with van der Waals surface area (Å²) in [6.07, 6.45) is 0. The second kappa shape index (κ2) is 6.12. The van der Waals surface area contributed by atoms with E-state index in [4.69, 9.17) is 4.74 Å². The number of hydrogen-bond acceptors (Lipinski definition) is 3. The van der Waals surface area contributed by atoms with Gasteiger partial charge in [-0.15, -0.1) is 0 Å². The number of aromatic hydroxyl groups is 1. The van der Waals surface area contributed by atoms with Gasteiger partial charge in [-0.3, -0.25) is 4.79 Å². The van der Waals surface area contributed by atoms with Gasteiger partial charge in [-0.25, -0.2) is 0 Å². The number of amides is 1. The molecule has 0 aliphatic rings. The first-order valence-corrected chi connectivity index (χ1v) is 5.31. The molecule has 0 bridgehead atoms. The summed E-state index contributed by atoms with van der Waals surface area (Å²) in [5.41, 5.74) is 0.283. The summed E-state index contributed by atoms with van der Waals surface area (Å²) in [6, 6.07) is 6.38. The maximum Gasteiger partial charge on any atom is 0.255 e. The first kappa shape index (κ1) is 12.5. The molecule has 1 aromatic carbocycles. The first-order chi connectivity index (χ1) is 7.65. The van der Waals surface area contributed by atoms with Crippen LogP contribution in [0.3, 0.4) is 0 Å². The summed E-state index contributed by atoms with van der Waals surface area (Å²) in [5, 5.41) is 12.2. The number of rotatable bonds is 5. The SMILES string of the molecule is CCOCC(C)NC(=O)c1ccccc1O. The van der Waals surface area contributed by atoms with Crippen LogP contribution >= 0.6 is 0 Å². The van der Waals surface area contributed by atoms with Gasteiger partial charge in [0.2, 0.25) is 0 Å². The first-order valence-electron chi connectivity index (χ1n) is 5.31. The van der Waals surface area contributed by atoms with Crippen LogP contribution in [0.5, 0.6) is 5.75 Å². The minimum absolute atomic E-state index is 0.0105. The van der Waals surface area contributed by atoms with Crippen molar-refractivity contribution in [1.29, 1.82) is 0 Å². The lowest BCUT2D eigenvalue weighted by Crippen LogP contribution is -2.35. The molecule has 0 saturated carbocycles. The fourth-order valence-electron chi connectivity index (χ4n) is 1.30. The second-order valence-electron chi connectivity index (χ2n) is 3.55. The number of benzene rings is 1. The topological polar surface area (TPSA) is 58.6 Å². The Morgan fingerprint density at radius 3 is 2.81 bits per heavy atom. The summed E-state index contributed by atoms with van der Waals surface area (Å²) >= 11 is 0. The van der Waals surface area contributed by atoms with Crippen molar-refractivity contribution < 1.29 is 14.6 Å². The fraction of sp³-hybridized carbons (Fsp3) is 0.417. The third-order valence-corrected chi connectivity index (χ3v) is 2.10. The van der Waals surface area contributed by atoms with Crippen molar-refractivity contribution in [2.24, 2.45) is 0 Å². The van der Waals surface area contributed by atoms with E-state index in [-0.39, 0.29) is 23.3 Å². The number of para-hydroxylation sites is 1. The summed E-state index contributed by atoms with van der Waals surface area (Å²) in [4.78, 5) is 11.7. The molecule has 0 heterocycles. The number of carbonyl (C=O) groups is 1. The van der Waals surface area contributed by atoms with Crippen molar-refractivity contribution in [2.75, 3.05) is 13.2 Å². The van der Waals surface area contributed by atoms with Gasteiger partial charge in [0.1, 0.15) is 5.75 Å². The summed E-state index contributed by atoms with van der Waals surface area (Å²) < 4.78 is 5.19. The molecule has 1 unspecified atom stereocenters. The number of phenols is 1. The zero-order valence-electron chi connectivity index (χ0n) is 9.56. The maximum absolute atomic E-state index is 11.7. The van der Waals surface area contributed by atoms with Crippen LogP contribution in [0, 0.1) is 0 Å². The van der Waals surface area contributed by atoms with Crippen molar-refractivity contribution in [3.05, 3.63) is 29.8 Å². The van der Waals surface area contributed by atoms with Crippen molar-refractivity contribution in [2.45, 2.75) is 19.9 Å². The van der Waals surface area contributed by atoms with E-state index in [1.54, 1.807) is 18.2 Å². The molecule has 1 aromatic rings. The van der Waals surface area contributed by atoms with Crippen LogP contribution in [0.2, 0.25) is 0 Å². The van der Waals surface area contributed by atoms with E-state index < -0.39 is 0 Å². The normalized spacial score (nSPS) is 12.1. The Labute approximate surface area is 95.2 Å². The number of nitrogens with one attached hydrogen (secondary N) is 1. The van der Waals surface area contributed by atoms with Crippen molar-refractivity contribution in [3.63, 3.8) is 0 Å². The van der Waals surface area contributed by atoms with E-state index in [1.165, 1.54) is 6.07 Å². The van der Waals surface area contributed by atoms with E-state index in [2.05, 4.69) is 5.32 Å². The molecule has 0 saturated heterocycles. The highest BCUT2D eigenvalue weighted by molar-refractivity contribution is 5.96. The highest BCUT2D eigenvalue weighted by atomic mass is 16.5. The van der Waals surface area contributed by atoms with Gasteiger partial charge in [0.05, 0.1) is 12.2 Å². The Hall–Kier alpha value is -1.55. The maximum atomic E-state index is 11.7. The molecule has 16 heavy (non-hydrogen) atoms. The number of phenolic OH excluding ortho intramolecular Hbond substituents is 1. The molecule has 4 nitrogen and oxygen atoms in total. The molecule has 0 spiro atoms. The number of hydrogen-bond donors (Lipinski definition) is 2. The monoisotopic (exact) mass is 223 g/mol. The summed E-state index contributed by atoms with van der Waals surface area (Å²) in [6.45, 7) is 4.84. The van der Waals surface area contributed by atoms with Crippen LogP contribution in [0.1, 0.15) is 24.2 Å². The Morgan fingerprint density at radius 2 is 2.19 bits per heavy atom. The van der Waals surface area contributed by atoms with Crippen molar-refractivity contribution >= 4 is 5.91 Å². The highest BCUT2D eigenvalue weighted by Crippen LogP contribution is 2.15. The van der Waals surface area contributed by atoms with Crippen LogP contribution < -0.4 is 5.32 Å². The second-order valence-corrected chi connectivity index (χ2v) is 3.55. The quantitative estimate of drug-likeness (QED) is 0.796. The molecule has 1 amide bonds. The molecule has 0 aliphatic carbocycles. The smallest absolute Gasteiger partial charge is 0.255 e. The zero-order chi connectivity index (χ0) is 12.0. The molecule has 0 aromatic heterocycles. The van der Waals surface area contributed by atoms with E-state index in [0.29, 0.717) is 13.2 Å². The van der Waals surface area contributed by atoms with Crippen LogP contribution in [0.15, 0.2) is 24.3 Å². The van der Waals surface area contributed by atoms with Crippen LogP contribution in [-0.4, -0.2) is 30.3 Å². The van der Waals surface area contributed by atoms with E-state index in [9.17, 15) is 9.90 Å². The van der Waals surface area contributed by atoms with E-state index >= 15 is 0 Å². The number of carbonyl (C=O) groups excluding carboxylic acids is 1. The van der Waals surface area contributed by atoms with Crippen LogP contribution in [0.4, 0.5) is 0 Å². The Balaban J connectivity index is 2.56. The predicted octanol–water partition coefficient (Wildman–Crippen LogP) is 1.55. The van der Waals surface area contributed by atoms with E-state index in [0.717, 1.165) is 0 Å². The molecule has 4 heteroatoms. The van der Waals surface area contributed by atoms with Gasteiger partial charge in [-0.2, -0.15) is 0 Å². The van der Waals surface area contributed by atoms with Gasteiger partial charge in [0, 0.05) is 12.6 Å². The third-order valence-electron chi connectivity index (χ3n) is 2.10. The van der Waals surface area contributed by atoms with Gasteiger partial charge >= 0.3 is 0 Å². The Bertz CT molecular complexity index is 352. The van der Waals surface area contributed by atoms with E-state index in [1.807, 2.05) is 13.8 Å². The third kappa shape index (κ3) is 3.55. The van der Waals surface area contributed by atoms with Gasteiger partial charge in [0.15, 0.2) is 0 Å². The van der Waals surface area contributed by atoms with Crippen LogP contribution in [0.25, 0.3) is 0 Å². The molecule has 1 rings (SSSR count). The molecule has 0 radical (unpaired) electrons. The molecule has 0 fully saturated rings. The highest BCUT2D eigenvalue weighted by Gasteiger charge is 2.12. The van der Waals surface area contributed by atoms with Gasteiger partial charge in [-0.1, -0.05) is 12.1 Å². The van der Waals surface area contributed by atoms with Crippen molar-refractivity contribution in [1.82, 2.24) is 5.32 Å². The lowest BCUT2D eigenvalue weighted by Gasteiger charge is -2.14. The Morgan fingerprint density at radius 1 is 1.50 bits per heavy atom. The van der Waals surface area contributed by atoms with Crippen molar-refractivity contribution in [3.8, 4) is 5.75 Å². The molecule has 2 N–H and O–H groups in total. The summed E-state index contributed by atoms with van der Waals surface area (Å²) in [7, 11) is 0. The number of ether oxygens (including phenoxy) is 1. The van der Waals surface area contributed by atoms with Crippen LogP contribution in [-0.2, 0) is 4.74 Å². The summed E-state index contributed by atoms with van der Waals surface area (Å²) in [5.74, 6) is -0.297. The zero-order valence-corrected chi connectivity index (χ0v) is 9.56. The minimum Gasteiger partial charge on any atom is -0.507 e. The average Bonchev–Trinajstić information content (AvgIpc) is 2.26. The minimum atomic E-state index is -0.287. The molecule has 1 atom stereocenters. The van der Waals surface area contributed by atoms with Gasteiger partial charge in [-0.05, 0) is 26.0 Å². The molecule has 0 aliphatic heterocycles. The lowest BCUT2D eigenvalue weighted by atomic mass is 10.2. The van der Waals surface area contributed by atoms with Gasteiger partial charge in [0.25, 0.3) is 5.91 Å².